The van der Waals surface area contributed by atoms with E-state index in [9.17, 15) is 4.79 Å². The molecule has 0 saturated heterocycles. The lowest BCUT2D eigenvalue weighted by Gasteiger charge is -2.08. The molecule has 2 aromatic heterocycles. The third-order valence-electron chi connectivity index (χ3n) is 4.14. The first kappa shape index (κ1) is 19.6. The fourth-order valence-corrected chi connectivity index (χ4v) is 2.71. The molecule has 8 heteroatoms. The highest BCUT2D eigenvalue weighted by atomic mass is 16.5. The Balaban J connectivity index is 1.65. The Morgan fingerprint density at radius 3 is 2.89 bits per heavy atom. The smallest absolute Gasteiger partial charge is 0.322 e. The van der Waals surface area contributed by atoms with Crippen LogP contribution < -0.4 is 10.1 Å². The van der Waals surface area contributed by atoms with Crippen molar-refractivity contribution in [1.29, 1.82) is 0 Å². The average Bonchev–Trinajstić information content (AvgIpc) is 3.34. The average molecular weight is 383 g/mol. The van der Waals surface area contributed by atoms with Crippen molar-refractivity contribution >= 4 is 11.9 Å². The first-order chi connectivity index (χ1) is 13.6. The van der Waals surface area contributed by atoms with Crippen molar-refractivity contribution in [3.05, 3.63) is 42.1 Å². The number of amides is 1. The number of hydrogen-bond acceptors (Lipinski definition) is 6. The molecule has 1 aromatic carbocycles. The minimum Gasteiger partial charge on any atom is -0.494 e. The molecule has 0 spiro atoms. The molecule has 0 aliphatic rings. The van der Waals surface area contributed by atoms with E-state index >= 15 is 0 Å². The summed E-state index contributed by atoms with van der Waals surface area (Å²) < 4.78 is 13.1. The zero-order valence-corrected chi connectivity index (χ0v) is 16.4. The molecule has 2 heterocycles. The number of unbranched alkanes of at least 4 members (excludes halogenated alkanes) is 2. The predicted molar refractivity (Wildman–Crippen MR) is 105 cm³/mol. The zero-order valence-electron chi connectivity index (χ0n) is 16.4. The number of hydrogen-bond donors (Lipinski definition) is 1. The maximum atomic E-state index is 12.5. The predicted octanol–water partition coefficient (Wildman–Crippen LogP) is 4.34. The number of benzene rings is 1. The number of rotatable bonds is 9. The van der Waals surface area contributed by atoms with Gasteiger partial charge in [0.05, 0.1) is 6.61 Å². The van der Waals surface area contributed by atoms with Crippen molar-refractivity contribution in [2.24, 2.45) is 0 Å². The highest BCUT2D eigenvalue weighted by Crippen LogP contribution is 2.22. The standard InChI is InChI=1S/C20H25N5O3/c1-4-5-6-12-27-16-9-7-8-15(13-16)18(26)22-20-24-23-19(28-20)17-10-11-21-25(17)14(2)3/h7-11,13-14H,4-6,12H2,1-3H3,(H,22,24,26). The van der Waals surface area contributed by atoms with Crippen LogP contribution in [0.15, 0.2) is 40.9 Å². The van der Waals surface area contributed by atoms with Gasteiger partial charge in [0.25, 0.3) is 11.8 Å². The number of nitrogens with zero attached hydrogens (tertiary/aromatic N) is 4. The summed E-state index contributed by atoms with van der Waals surface area (Å²) in [5, 5.41) is 14.8. The second-order valence-electron chi connectivity index (χ2n) is 6.70. The molecule has 1 amide bonds. The third-order valence-corrected chi connectivity index (χ3v) is 4.14. The summed E-state index contributed by atoms with van der Waals surface area (Å²) >= 11 is 0. The van der Waals surface area contributed by atoms with Crippen LogP contribution in [-0.2, 0) is 0 Å². The van der Waals surface area contributed by atoms with E-state index in [0.29, 0.717) is 29.5 Å². The van der Waals surface area contributed by atoms with E-state index in [2.05, 4.69) is 27.5 Å². The van der Waals surface area contributed by atoms with Crippen molar-refractivity contribution in [1.82, 2.24) is 20.0 Å². The maximum Gasteiger partial charge on any atom is 0.322 e. The first-order valence-electron chi connectivity index (χ1n) is 9.50. The fraction of sp³-hybridized carbons (Fsp3) is 0.400. The van der Waals surface area contributed by atoms with Crippen LogP contribution in [0, 0.1) is 0 Å². The molecule has 8 nitrogen and oxygen atoms in total. The van der Waals surface area contributed by atoms with Crippen LogP contribution in [-0.4, -0.2) is 32.5 Å². The van der Waals surface area contributed by atoms with Gasteiger partial charge in [0.15, 0.2) is 0 Å². The third kappa shape index (κ3) is 4.76. The lowest BCUT2D eigenvalue weighted by Crippen LogP contribution is -2.12. The van der Waals surface area contributed by atoms with Crippen LogP contribution >= 0.6 is 0 Å². The Morgan fingerprint density at radius 1 is 1.25 bits per heavy atom. The molecule has 0 saturated carbocycles. The highest BCUT2D eigenvalue weighted by Gasteiger charge is 2.17. The van der Waals surface area contributed by atoms with Gasteiger partial charge >= 0.3 is 6.01 Å². The summed E-state index contributed by atoms with van der Waals surface area (Å²) in [5.41, 5.74) is 1.16. The molecule has 0 atom stereocenters. The summed E-state index contributed by atoms with van der Waals surface area (Å²) in [6.07, 6.45) is 4.92. The molecule has 3 rings (SSSR count). The van der Waals surface area contributed by atoms with Gasteiger partial charge in [-0.25, -0.2) is 0 Å². The lowest BCUT2D eigenvalue weighted by atomic mass is 10.2. The topological polar surface area (TPSA) is 95.1 Å². The highest BCUT2D eigenvalue weighted by molar-refractivity contribution is 6.03. The molecule has 28 heavy (non-hydrogen) atoms. The van der Waals surface area contributed by atoms with Crippen molar-refractivity contribution in [3.8, 4) is 17.3 Å². The van der Waals surface area contributed by atoms with Gasteiger partial charge in [-0.15, -0.1) is 5.10 Å². The van der Waals surface area contributed by atoms with Gasteiger partial charge in [-0.2, -0.15) is 5.10 Å². The van der Waals surface area contributed by atoms with E-state index in [-0.39, 0.29) is 18.0 Å². The van der Waals surface area contributed by atoms with Gasteiger partial charge < -0.3 is 9.15 Å². The Bertz CT molecular complexity index is 916. The van der Waals surface area contributed by atoms with Gasteiger partial charge in [-0.05, 0) is 44.5 Å². The largest absolute Gasteiger partial charge is 0.494 e. The SMILES string of the molecule is CCCCCOc1cccc(C(=O)Nc2nnc(-c3ccnn3C(C)C)o2)c1. The van der Waals surface area contributed by atoms with Gasteiger partial charge in [0.1, 0.15) is 11.4 Å². The monoisotopic (exact) mass is 383 g/mol. The van der Waals surface area contributed by atoms with Crippen LogP contribution in [0.4, 0.5) is 6.01 Å². The molecule has 0 unspecified atom stereocenters. The molecule has 148 valence electrons. The minimum atomic E-state index is -0.341. The summed E-state index contributed by atoms with van der Waals surface area (Å²) in [5.74, 6) is 0.622. The van der Waals surface area contributed by atoms with Gasteiger partial charge in [-0.1, -0.05) is 30.9 Å². The van der Waals surface area contributed by atoms with Gasteiger partial charge in [0, 0.05) is 17.8 Å². The Labute approximate surface area is 163 Å². The number of anilines is 1. The lowest BCUT2D eigenvalue weighted by molar-refractivity contribution is 0.102. The van der Waals surface area contributed by atoms with Crippen LogP contribution in [0.5, 0.6) is 5.75 Å². The zero-order chi connectivity index (χ0) is 19.9. The molecule has 0 fully saturated rings. The van der Waals surface area contributed by atoms with Gasteiger partial charge in [-0.3, -0.25) is 14.8 Å². The van der Waals surface area contributed by atoms with Crippen LogP contribution in [0.2, 0.25) is 0 Å². The molecule has 0 aliphatic carbocycles. The van der Waals surface area contributed by atoms with E-state index in [1.54, 1.807) is 35.1 Å². The molecule has 0 radical (unpaired) electrons. The second-order valence-corrected chi connectivity index (χ2v) is 6.70. The summed E-state index contributed by atoms with van der Waals surface area (Å²) in [6.45, 7) is 6.79. The van der Waals surface area contributed by atoms with Crippen molar-refractivity contribution in [2.45, 2.75) is 46.1 Å². The molecular weight excluding hydrogens is 358 g/mol. The number of nitrogens with one attached hydrogen (secondary N) is 1. The number of aromatic nitrogens is 4. The minimum absolute atomic E-state index is 0.0331. The van der Waals surface area contributed by atoms with Gasteiger partial charge in [0.2, 0.25) is 0 Å². The number of carbonyl (C=O) groups is 1. The van der Waals surface area contributed by atoms with E-state index in [1.807, 2.05) is 19.9 Å². The van der Waals surface area contributed by atoms with Crippen LogP contribution in [0.1, 0.15) is 56.4 Å². The van der Waals surface area contributed by atoms with E-state index in [1.165, 1.54) is 0 Å². The van der Waals surface area contributed by atoms with E-state index in [0.717, 1.165) is 19.3 Å². The maximum absolute atomic E-state index is 12.5. The number of ether oxygens (including phenoxy) is 1. The Kier molecular flexibility index (Phi) is 6.41. The molecule has 1 N–H and O–H groups in total. The first-order valence-corrected chi connectivity index (χ1v) is 9.50. The summed E-state index contributed by atoms with van der Waals surface area (Å²) in [7, 11) is 0. The molecular formula is C20H25N5O3. The number of carbonyl (C=O) groups excluding carboxylic acids is 1. The molecule has 3 aromatic rings. The Morgan fingerprint density at radius 2 is 2.11 bits per heavy atom. The fourth-order valence-electron chi connectivity index (χ4n) is 2.71. The van der Waals surface area contributed by atoms with E-state index < -0.39 is 0 Å². The van der Waals surface area contributed by atoms with Crippen molar-refractivity contribution in [3.63, 3.8) is 0 Å². The Hall–Kier alpha value is -3.16. The molecule has 0 bridgehead atoms. The molecule has 0 aliphatic heterocycles. The quantitative estimate of drug-likeness (QED) is 0.553. The van der Waals surface area contributed by atoms with Crippen LogP contribution in [0.25, 0.3) is 11.6 Å². The normalized spacial score (nSPS) is 11.0. The second kappa shape index (κ2) is 9.16. The van der Waals surface area contributed by atoms with Crippen LogP contribution in [0.3, 0.4) is 0 Å². The van der Waals surface area contributed by atoms with Crippen molar-refractivity contribution in [2.75, 3.05) is 11.9 Å². The summed E-state index contributed by atoms with van der Waals surface area (Å²) in [6, 6.07) is 9.00. The van der Waals surface area contributed by atoms with Crippen molar-refractivity contribution < 1.29 is 13.9 Å². The van der Waals surface area contributed by atoms with E-state index in [4.69, 9.17) is 9.15 Å². The summed E-state index contributed by atoms with van der Waals surface area (Å²) in [4.78, 5) is 12.5.